The predicted octanol–water partition coefficient (Wildman–Crippen LogP) is 4.53. The molecule has 0 saturated heterocycles. The summed E-state index contributed by atoms with van der Waals surface area (Å²) in [5, 5.41) is 2.08. The molecule has 0 aliphatic rings. The van der Waals surface area contributed by atoms with Crippen molar-refractivity contribution in [2.75, 3.05) is 10.8 Å². The van der Waals surface area contributed by atoms with Gasteiger partial charge in [-0.1, -0.05) is 54.1 Å². The van der Waals surface area contributed by atoms with Gasteiger partial charge in [-0.05, 0) is 42.0 Å². The van der Waals surface area contributed by atoms with Crippen LogP contribution in [0.15, 0.2) is 84.3 Å². The first-order chi connectivity index (χ1) is 11.5. The van der Waals surface area contributed by atoms with Gasteiger partial charge in [0.1, 0.15) is 0 Å². The average Bonchev–Trinajstić information content (AvgIpc) is 2.59. The highest BCUT2D eigenvalue weighted by molar-refractivity contribution is 7.92. The molecule has 0 atom stereocenters. The third kappa shape index (κ3) is 3.05. The van der Waals surface area contributed by atoms with Crippen molar-refractivity contribution in [2.45, 2.75) is 11.8 Å². The summed E-state index contributed by atoms with van der Waals surface area (Å²) in [6.07, 6.45) is 1.60. The Morgan fingerprint density at radius 2 is 1.62 bits per heavy atom. The molecule has 3 aromatic carbocycles. The van der Waals surface area contributed by atoms with Crippen LogP contribution >= 0.6 is 0 Å². The summed E-state index contributed by atoms with van der Waals surface area (Å²) in [6.45, 7) is 5.85. The number of sulfonamides is 1. The van der Waals surface area contributed by atoms with Crippen LogP contribution in [0.5, 0.6) is 0 Å². The van der Waals surface area contributed by atoms with Crippen LogP contribution in [0.1, 0.15) is 5.56 Å². The molecule has 0 spiro atoms. The first-order valence-corrected chi connectivity index (χ1v) is 9.15. The molecule has 0 saturated carbocycles. The monoisotopic (exact) mass is 337 g/mol. The Kier molecular flexibility index (Phi) is 4.40. The largest absolute Gasteiger partial charge is 0.264 e. The summed E-state index contributed by atoms with van der Waals surface area (Å²) in [5.41, 5.74) is 1.66. The Bertz CT molecular complexity index is 976. The maximum absolute atomic E-state index is 13.0. The van der Waals surface area contributed by atoms with Gasteiger partial charge in [0.05, 0.1) is 17.1 Å². The van der Waals surface area contributed by atoms with Crippen LogP contribution < -0.4 is 4.31 Å². The van der Waals surface area contributed by atoms with Crippen LogP contribution in [0.25, 0.3) is 10.8 Å². The van der Waals surface area contributed by atoms with Gasteiger partial charge in [-0.25, -0.2) is 8.42 Å². The standard InChI is InChI=1S/C20H19NO2S/c1-3-14-21(24(22,23)20-12-8-16(2)9-13-20)19-11-10-17-6-4-5-7-18(17)15-19/h3-13,15H,1,14H2,2H3. The van der Waals surface area contributed by atoms with E-state index in [1.165, 1.54) is 4.31 Å². The lowest BCUT2D eigenvalue weighted by Gasteiger charge is -2.23. The Morgan fingerprint density at radius 1 is 0.958 bits per heavy atom. The van der Waals surface area contributed by atoms with Crippen LogP contribution in [-0.4, -0.2) is 15.0 Å². The van der Waals surface area contributed by atoms with E-state index in [2.05, 4.69) is 6.58 Å². The van der Waals surface area contributed by atoms with E-state index in [0.717, 1.165) is 16.3 Å². The van der Waals surface area contributed by atoms with E-state index in [1.807, 2.05) is 49.4 Å². The minimum atomic E-state index is -3.64. The molecule has 0 amide bonds. The summed E-state index contributed by atoms with van der Waals surface area (Å²) < 4.78 is 27.5. The van der Waals surface area contributed by atoms with Gasteiger partial charge in [0.2, 0.25) is 0 Å². The topological polar surface area (TPSA) is 37.4 Å². The molecule has 24 heavy (non-hydrogen) atoms. The van der Waals surface area contributed by atoms with Gasteiger partial charge in [-0.15, -0.1) is 6.58 Å². The Labute approximate surface area is 142 Å². The predicted molar refractivity (Wildman–Crippen MR) is 99.9 cm³/mol. The first-order valence-electron chi connectivity index (χ1n) is 7.71. The van der Waals surface area contributed by atoms with Crippen molar-refractivity contribution in [2.24, 2.45) is 0 Å². The van der Waals surface area contributed by atoms with Crippen molar-refractivity contribution in [3.8, 4) is 0 Å². The molecule has 0 aliphatic heterocycles. The maximum Gasteiger partial charge on any atom is 0.264 e. The minimum Gasteiger partial charge on any atom is -0.263 e. The zero-order valence-electron chi connectivity index (χ0n) is 13.5. The van der Waals surface area contributed by atoms with E-state index in [9.17, 15) is 8.42 Å². The Hall–Kier alpha value is -2.59. The summed E-state index contributed by atoms with van der Waals surface area (Å²) >= 11 is 0. The number of hydrogen-bond acceptors (Lipinski definition) is 2. The van der Waals surface area contributed by atoms with E-state index >= 15 is 0 Å². The molecule has 0 radical (unpaired) electrons. The highest BCUT2D eigenvalue weighted by Gasteiger charge is 2.24. The van der Waals surface area contributed by atoms with Gasteiger partial charge in [-0.2, -0.15) is 0 Å². The number of nitrogens with zero attached hydrogens (tertiary/aromatic N) is 1. The lowest BCUT2D eigenvalue weighted by atomic mass is 10.1. The van der Waals surface area contributed by atoms with Gasteiger partial charge in [-0.3, -0.25) is 4.31 Å². The third-order valence-corrected chi connectivity index (χ3v) is 5.73. The van der Waals surface area contributed by atoms with Gasteiger partial charge in [0, 0.05) is 0 Å². The molecule has 0 bridgehead atoms. The highest BCUT2D eigenvalue weighted by atomic mass is 32.2. The number of anilines is 1. The normalized spacial score (nSPS) is 11.4. The summed E-state index contributed by atoms with van der Waals surface area (Å²) in [5.74, 6) is 0. The smallest absolute Gasteiger partial charge is 0.263 e. The number of fused-ring (bicyclic) bond motifs is 1. The first kappa shape index (κ1) is 16.3. The third-order valence-electron chi connectivity index (χ3n) is 3.92. The summed E-state index contributed by atoms with van der Waals surface area (Å²) in [4.78, 5) is 0.281. The second-order valence-corrected chi connectivity index (χ2v) is 7.53. The number of benzene rings is 3. The van der Waals surface area contributed by atoms with Crippen molar-refractivity contribution >= 4 is 26.5 Å². The molecule has 122 valence electrons. The molecule has 0 unspecified atom stereocenters. The zero-order valence-corrected chi connectivity index (χ0v) is 14.3. The van der Waals surface area contributed by atoms with E-state index in [0.29, 0.717) is 5.69 Å². The van der Waals surface area contributed by atoms with E-state index in [1.54, 1.807) is 30.3 Å². The molecule has 0 fully saturated rings. The highest BCUT2D eigenvalue weighted by Crippen LogP contribution is 2.27. The lowest BCUT2D eigenvalue weighted by molar-refractivity contribution is 0.593. The van der Waals surface area contributed by atoms with Crippen LogP contribution in [0.2, 0.25) is 0 Å². The van der Waals surface area contributed by atoms with Crippen molar-refractivity contribution in [3.05, 3.63) is 84.9 Å². The van der Waals surface area contributed by atoms with Crippen LogP contribution in [0.4, 0.5) is 5.69 Å². The van der Waals surface area contributed by atoms with E-state index in [4.69, 9.17) is 0 Å². The SMILES string of the molecule is C=CCN(c1ccc2ccccc2c1)S(=O)(=O)c1ccc(C)cc1. The summed E-state index contributed by atoms with van der Waals surface area (Å²) in [6, 6.07) is 20.4. The van der Waals surface area contributed by atoms with Crippen molar-refractivity contribution in [1.82, 2.24) is 0 Å². The Morgan fingerprint density at radius 3 is 2.29 bits per heavy atom. The number of aryl methyl sites for hydroxylation is 1. The van der Waals surface area contributed by atoms with E-state index in [-0.39, 0.29) is 11.4 Å². The van der Waals surface area contributed by atoms with Crippen molar-refractivity contribution < 1.29 is 8.42 Å². The quantitative estimate of drug-likeness (QED) is 0.642. The van der Waals surface area contributed by atoms with Crippen molar-refractivity contribution in [3.63, 3.8) is 0 Å². The molecule has 0 aliphatic carbocycles. The number of hydrogen-bond donors (Lipinski definition) is 0. The molecule has 0 N–H and O–H groups in total. The lowest BCUT2D eigenvalue weighted by Crippen LogP contribution is -2.31. The maximum atomic E-state index is 13.0. The molecule has 3 nitrogen and oxygen atoms in total. The van der Waals surface area contributed by atoms with Crippen LogP contribution in [-0.2, 0) is 10.0 Å². The van der Waals surface area contributed by atoms with Gasteiger partial charge in [0.15, 0.2) is 0 Å². The van der Waals surface area contributed by atoms with Gasteiger partial charge in [0.25, 0.3) is 10.0 Å². The molecule has 3 aromatic rings. The number of rotatable bonds is 5. The summed E-state index contributed by atoms with van der Waals surface area (Å²) in [7, 11) is -3.64. The molecular formula is C20H19NO2S. The second kappa shape index (κ2) is 6.49. The molecular weight excluding hydrogens is 318 g/mol. The fraction of sp³-hybridized carbons (Fsp3) is 0.100. The minimum absolute atomic E-state index is 0.217. The fourth-order valence-corrected chi connectivity index (χ4v) is 4.06. The van der Waals surface area contributed by atoms with Gasteiger partial charge >= 0.3 is 0 Å². The molecule has 0 heterocycles. The fourth-order valence-electron chi connectivity index (χ4n) is 2.63. The van der Waals surface area contributed by atoms with Crippen LogP contribution in [0.3, 0.4) is 0 Å². The molecule has 3 rings (SSSR count). The average molecular weight is 337 g/mol. The molecule has 4 heteroatoms. The second-order valence-electron chi connectivity index (χ2n) is 5.67. The zero-order chi connectivity index (χ0) is 17.2. The van der Waals surface area contributed by atoms with Gasteiger partial charge < -0.3 is 0 Å². The van der Waals surface area contributed by atoms with Crippen molar-refractivity contribution in [1.29, 1.82) is 0 Å². The van der Waals surface area contributed by atoms with E-state index < -0.39 is 10.0 Å². The van der Waals surface area contributed by atoms with Crippen LogP contribution in [0, 0.1) is 6.92 Å². The Balaban J connectivity index is 2.10. The molecule has 0 aromatic heterocycles.